The number of allylic oxidation sites excluding steroid dienone is 1. The molecule has 0 aromatic heterocycles. The smallest absolute Gasteiger partial charge is 0.343 e. The zero-order valence-electron chi connectivity index (χ0n) is 9.81. The predicted molar refractivity (Wildman–Crippen MR) is 62.0 cm³/mol. The van der Waals surface area contributed by atoms with Crippen molar-refractivity contribution >= 4 is 23.7 Å². The van der Waals surface area contributed by atoms with E-state index < -0.39 is 17.9 Å². The van der Waals surface area contributed by atoms with Crippen LogP contribution in [0.4, 0.5) is 0 Å². The minimum absolute atomic E-state index is 0.0912. The third-order valence-corrected chi connectivity index (χ3v) is 3.86. The molecule has 16 heavy (non-hydrogen) atoms. The number of esters is 1. The van der Waals surface area contributed by atoms with Gasteiger partial charge in [0.25, 0.3) is 0 Å². The van der Waals surface area contributed by atoms with E-state index in [1.165, 1.54) is 18.9 Å². The first-order chi connectivity index (χ1) is 7.36. The van der Waals surface area contributed by atoms with Crippen molar-refractivity contribution in [3.63, 3.8) is 0 Å². The van der Waals surface area contributed by atoms with Crippen LogP contribution in [0.15, 0.2) is 11.0 Å². The number of aliphatic carboxylic acids is 1. The van der Waals surface area contributed by atoms with Crippen LogP contribution in [-0.2, 0) is 14.3 Å². The summed E-state index contributed by atoms with van der Waals surface area (Å²) < 4.78 is 4.62. The summed E-state index contributed by atoms with van der Waals surface area (Å²) in [5.74, 6) is -1.71. The molecular weight excluding hydrogens is 228 g/mol. The summed E-state index contributed by atoms with van der Waals surface area (Å²) in [6.07, 6.45) is 3.49. The highest BCUT2D eigenvalue weighted by molar-refractivity contribution is 8.03. The molecule has 0 bridgehead atoms. The van der Waals surface area contributed by atoms with Gasteiger partial charge in [-0.3, -0.25) is 4.79 Å². The summed E-state index contributed by atoms with van der Waals surface area (Å²) in [4.78, 5) is 22.8. The Balaban J connectivity index is 2.85. The standard InChI is InChI=1S/C11H16O4S/c1-11(2)6(8(11)9(12)13)5-7(16-4)10(14)15-3/h5-6,8H,1-4H3,(H,12,13). The van der Waals surface area contributed by atoms with Crippen molar-refractivity contribution in [1.82, 2.24) is 0 Å². The summed E-state index contributed by atoms with van der Waals surface area (Å²) in [7, 11) is 1.32. The van der Waals surface area contributed by atoms with Gasteiger partial charge in [-0.2, -0.15) is 0 Å². The van der Waals surface area contributed by atoms with Crippen molar-refractivity contribution in [2.24, 2.45) is 17.3 Å². The summed E-state index contributed by atoms with van der Waals surface area (Å²) in [5.41, 5.74) is -0.277. The van der Waals surface area contributed by atoms with E-state index in [1.54, 1.807) is 12.3 Å². The van der Waals surface area contributed by atoms with E-state index in [9.17, 15) is 9.59 Å². The molecule has 0 aromatic carbocycles. The van der Waals surface area contributed by atoms with E-state index in [2.05, 4.69) is 4.74 Å². The summed E-state index contributed by atoms with van der Waals surface area (Å²) >= 11 is 1.28. The Bertz CT molecular complexity index is 346. The second kappa shape index (κ2) is 4.49. The lowest BCUT2D eigenvalue weighted by Gasteiger charge is -2.02. The predicted octanol–water partition coefficient (Wildman–Crippen LogP) is 1.76. The van der Waals surface area contributed by atoms with Crippen LogP contribution in [0.25, 0.3) is 0 Å². The Morgan fingerprint density at radius 3 is 2.31 bits per heavy atom. The van der Waals surface area contributed by atoms with Crippen LogP contribution in [0.1, 0.15) is 13.8 Å². The molecular formula is C11H16O4S. The maximum atomic E-state index is 11.3. The number of methoxy groups -OCH3 is 1. The van der Waals surface area contributed by atoms with Crippen molar-refractivity contribution in [2.75, 3.05) is 13.4 Å². The van der Waals surface area contributed by atoms with Gasteiger partial charge in [-0.05, 0) is 17.6 Å². The third-order valence-electron chi connectivity index (χ3n) is 3.11. The number of carbonyl (C=O) groups excluding carboxylic acids is 1. The van der Waals surface area contributed by atoms with Crippen LogP contribution >= 0.6 is 11.8 Å². The van der Waals surface area contributed by atoms with E-state index in [0.717, 1.165) is 0 Å². The van der Waals surface area contributed by atoms with Crippen LogP contribution in [0.5, 0.6) is 0 Å². The van der Waals surface area contributed by atoms with Crippen molar-refractivity contribution in [1.29, 1.82) is 0 Å². The number of hydrogen-bond acceptors (Lipinski definition) is 4. The van der Waals surface area contributed by atoms with Gasteiger partial charge in [0.1, 0.15) is 0 Å². The van der Waals surface area contributed by atoms with Crippen molar-refractivity contribution in [3.05, 3.63) is 11.0 Å². The maximum Gasteiger partial charge on any atom is 0.343 e. The fourth-order valence-corrected chi connectivity index (χ4v) is 2.48. The van der Waals surface area contributed by atoms with Gasteiger partial charge in [0.05, 0.1) is 17.9 Å². The Morgan fingerprint density at radius 1 is 1.44 bits per heavy atom. The normalized spacial score (nSPS) is 27.4. The molecule has 1 saturated carbocycles. The SMILES string of the molecule is COC(=O)C(=CC1C(C(=O)O)C1(C)C)SC. The van der Waals surface area contributed by atoms with E-state index in [0.29, 0.717) is 4.91 Å². The summed E-state index contributed by atoms with van der Waals surface area (Å²) in [6.45, 7) is 3.78. The molecule has 1 aliphatic rings. The Kier molecular flexibility index (Phi) is 3.68. The summed E-state index contributed by atoms with van der Waals surface area (Å²) in [6, 6.07) is 0. The fourth-order valence-electron chi connectivity index (χ4n) is 1.94. The first kappa shape index (κ1) is 13.1. The average Bonchev–Trinajstić information content (AvgIpc) is 2.75. The van der Waals surface area contributed by atoms with E-state index in [1.807, 2.05) is 13.8 Å². The lowest BCUT2D eigenvalue weighted by atomic mass is 10.1. The first-order valence-electron chi connectivity index (χ1n) is 4.93. The third kappa shape index (κ3) is 2.24. The first-order valence-corrected chi connectivity index (χ1v) is 6.15. The zero-order valence-corrected chi connectivity index (χ0v) is 10.6. The molecule has 2 unspecified atom stereocenters. The van der Waals surface area contributed by atoms with Crippen LogP contribution < -0.4 is 0 Å². The van der Waals surface area contributed by atoms with Gasteiger partial charge in [-0.1, -0.05) is 19.9 Å². The summed E-state index contributed by atoms with van der Waals surface area (Å²) in [5, 5.41) is 8.99. The molecule has 4 nitrogen and oxygen atoms in total. The van der Waals surface area contributed by atoms with Gasteiger partial charge >= 0.3 is 11.9 Å². The lowest BCUT2D eigenvalue weighted by molar-refractivity contribution is -0.139. The van der Waals surface area contributed by atoms with Crippen molar-refractivity contribution in [2.45, 2.75) is 13.8 Å². The number of carbonyl (C=O) groups is 2. The molecule has 0 heterocycles. The van der Waals surface area contributed by atoms with Crippen LogP contribution in [0.2, 0.25) is 0 Å². The maximum absolute atomic E-state index is 11.3. The van der Waals surface area contributed by atoms with Crippen LogP contribution in [0.3, 0.4) is 0 Å². The highest BCUT2D eigenvalue weighted by atomic mass is 32.2. The minimum Gasteiger partial charge on any atom is -0.481 e. The second-order valence-electron chi connectivity index (χ2n) is 4.39. The fraction of sp³-hybridized carbons (Fsp3) is 0.636. The topological polar surface area (TPSA) is 63.6 Å². The lowest BCUT2D eigenvalue weighted by Crippen LogP contribution is -2.03. The van der Waals surface area contributed by atoms with E-state index in [4.69, 9.17) is 5.11 Å². The van der Waals surface area contributed by atoms with Gasteiger partial charge < -0.3 is 9.84 Å². The highest BCUT2D eigenvalue weighted by Crippen LogP contribution is 2.59. The highest BCUT2D eigenvalue weighted by Gasteiger charge is 2.61. The number of ether oxygens (including phenoxy) is 1. The van der Waals surface area contributed by atoms with Gasteiger partial charge in [-0.15, -0.1) is 11.8 Å². The molecule has 5 heteroatoms. The largest absolute Gasteiger partial charge is 0.481 e. The minimum atomic E-state index is -0.809. The van der Waals surface area contributed by atoms with E-state index >= 15 is 0 Å². The monoisotopic (exact) mass is 244 g/mol. The molecule has 1 N–H and O–H groups in total. The van der Waals surface area contributed by atoms with Gasteiger partial charge in [-0.25, -0.2) is 4.79 Å². The molecule has 0 radical (unpaired) electrons. The van der Waals surface area contributed by atoms with Crippen LogP contribution in [0, 0.1) is 17.3 Å². The number of hydrogen-bond donors (Lipinski definition) is 1. The van der Waals surface area contributed by atoms with E-state index in [-0.39, 0.29) is 11.3 Å². The molecule has 1 aliphatic carbocycles. The zero-order chi connectivity index (χ0) is 12.5. The quantitative estimate of drug-likeness (QED) is 0.603. The molecule has 0 saturated heterocycles. The Labute approximate surface area is 99.0 Å². The number of carboxylic acids is 1. The van der Waals surface area contributed by atoms with Crippen molar-refractivity contribution in [3.8, 4) is 0 Å². The number of rotatable bonds is 4. The molecule has 0 aliphatic heterocycles. The number of thioether (sulfide) groups is 1. The van der Waals surface area contributed by atoms with Gasteiger partial charge in [0.15, 0.2) is 0 Å². The molecule has 0 amide bonds. The molecule has 0 spiro atoms. The van der Waals surface area contributed by atoms with Gasteiger partial charge in [0.2, 0.25) is 0 Å². The molecule has 0 aromatic rings. The number of carboxylic acid groups (broad SMARTS) is 1. The Morgan fingerprint density at radius 2 is 2.00 bits per heavy atom. The molecule has 1 fully saturated rings. The molecule has 1 rings (SSSR count). The van der Waals surface area contributed by atoms with Crippen molar-refractivity contribution < 1.29 is 19.4 Å². The van der Waals surface area contributed by atoms with Crippen LogP contribution in [-0.4, -0.2) is 30.4 Å². The second-order valence-corrected chi connectivity index (χ2v) is 5.24. The average molecular weight is 244 g/mol. The van der Waals surface area contributed by atoms with Gasteiger partial charge in [0, 0.05) is 0 Å². The molecule has 2 atom stereocenters. The molecule has 90 valence electrons. The Hall–Kier alpha value is -0.970.